The molecule has 0 radical (unpaired) electrons. The van der Waals surface area contributed by atoms with Crippen LogP contribution in [0.5, 0.6) is 17.2 Å². The lowest BCUT2D eigenvalue weighted by Crippen LogP contribution is -2.46. The standard InChI is InChI=1S/C38H48N6O6/c1-9-22(4)34(38(47)41-29(18-21(2)3)37-43-42-32-12-10-11-17-44(32)37)40-28-16-14-25-26(20-30(28)46)27(39-23(5)45)15-13-24-19-31(48-6)35(49-7)36(50-8)33(24)25/h10-12,14,16-17,19-22,27,29,34H,9,13,15,18H2,1-8H3,(H,39,45)(H,40,46)(H,41,47)/t22-,27+,29+,34+/m1/s1. The van der Waals surface area contributed by atoms with Crippen LogP contribution in [0.3, 0.4) is 0 Å². The minimum Gasteiger partial charge on any atom is -0.493 e. The molecule has 0 unspecified atom stereocenters. The predicted octanol–water partition coefficient (Wildman–Crippen LogP) is 5.64. The summed E-state index contributed by atoms with van der Waals surface area (Å²) in [6.45, 7) is 9.65. The van der Waals surface area contributed by atoms with Gasteiger partial charge in [-0.1, -0.05) is 46.2 Å². The third-order valence-electron chi connectivity index (χ3n) is 9.40. The van der Waals surface area contributed by atoms with Gasteiger partial charge in [0.15, 0.2) is 23.0 Å². The highest BCUT2D eigenvalue weighted by Crippen LogP contribution is 2.50. The second-order valence-electron chi connectivity index (χ2n) is 13.3. The number of aryl methyl sites for hydroxylation is 1. The average Bonchev–Trinajstić information content (AvgIpc) is 3.39. The first-order chi connectivity index (χ1) is 24.0. The molecule has 2 heterocycles. The summed E-state index contributed by atoms with van der Waals surface area (Å²) in [7, 11) is 4.68. The summed E-state index contributed by atoms with van der Waals surface area (Å²) in [4.78, 5) is 40.7. The SMILES string of the molecule is CC[C@@H](C)[C@H](Nc1ccc2c(cc1=O)[C@@H](NC(C)=O)CCc1cc(OC)c(OC)c(OC)c1-2)C(=O)N[C@@H](CC(C)C)c1nnc2ccccn12. The third kappa shape index (κ3) is 7.39. The summed E-state index contributed by atoms with van der Waals surface area (Å²) in [5.74, 6) is 1.74. The lowest BCUT2D eigenvalue weighted by Gasteiger charge is -2.27. The van der Waals surface area contributed by atoms with Crippen molar-refractivity contribution in [3.05, 3.63) is 75.8 Å². The van der Waals surface area contributed by atoms with Gasteiger partial charge in [-0.25, -0.2) is 0 Å². The average molecular weight is 685 g/mol. The van der Waals surface area contributed by atoms with Crippen molar-refractivity contribution in [3.8, 4) is 28.4 Å². The van der Waals surface area contributed by atoms with Gasteiger partial charge in [0, 0.05) is 18.7 Å². The molecule has 0 saturated carbocycles. The summed E-state index contributed by atoms with van der Waals surface area (Å²) in [6, 6.07) is 11.1. The Morgan fingerprint density at radius 1 is 1.00 bits per heavy atom. The first-order valence-corrected chi connectivity index (χ1v) is 17.1. The van der Waals surface area contributed by atoms with E-state index >= 15 is 0 Å². The number of rotatable bonds is 13. The molecule has 3 N–H and O–H groups in total. The van der Waals surface area contributed by atoms with E-state index in [1.165, 1.54) is 6.92 Å². The zero-order chi connectivity index (χ0) is 36.1. The lowest BCUT2D eigenvalue weighted by atomic mass is 9.95. The van der Waals surface area contributed by atoms with Gasteiger partial charge in [0.25, 0.3) is 0 Å². The number of benzene rings is 1. The van der Waals surface area contributed by atoms with E-state index in [9.17, 15) is 14.4 Å². The summed E-state index contributed by atoms with van der Waals surface area (Å²) < 4.78 is 19.2. The second kappa shape index (κ2) is 15.6. The minimum atomic E-state index is -0.735. The van der Waals surface area contributed by atoms with Gasteiger partial charge in [-0.3, -0.25) is 18.8 Å². The summed E-state index contributed by atoms with van der Waals surface area (Å²) >= 11 is 0. The summed E-state index contributed by atoms with van der Waals surface area (Å²) in [5, 5.41) is 18.3. The quantitative estimate of drug-likeness (QED) is 0.163. The fraction of sp³-hybridized carbons (Fsp3) is 0.447. The fourth-order valence-electron chi connectivity index (χ4n) is 6.76. The Morgan fingerprint density at radius 3 is 2.42 bits per heavy atom. The molecule has 266 valence electrons. The van der Waals surface area contributed by atoms with Crippen LogP contribution in [0.1, 0.15) is 82.9 Å². The molecule has 2 aromatic heterocycles. The third-order valence-corrected chi connectivity index (χ3v) is 9.40. The maximum absolute atomic E-state index is 14.2. The van der Waals surface area contributed by atoms with Gasteiger partial charge in [0.2, 0.25) is 23.0 Å². The number of carbonyl (C=O) groups excluding carboxylic acids is 2. The van der Waals surface area contributed by atoms with E-state index in [0.29, 0.717) is 65.5 Å². The van der Waals surface area contributed by atoms with Crippen molar-refractivity contribution < 1.29 is 23.8 Å². The van der Waals surface area contributed by atoms with Crippen molar-refractivity contribution in [1.82, 2.24) is 25.2 Å². The number of hydrogen-bond donors (Lipinski definition) is 3. The van der Waals surface area contributed by atoms with Crippen LogP contribution in [-0.2, 0) is 16.0 Å². The number of nitrogens with one attached hydrogen (secondary N) is 3. The molecule has 1 aliphatic rings. The van der Waals surface area contributed by atoms with Crippen LogP contribution in [0.25, 0.3) is 16.8 Å². The fourth-order valence-corrected chi connectivity index (χ4v) is 6.76. The first-order valence-electron chi connectivity index (χ1n) is 17.1. The first kappa shape index (κ1) is 36.2. The highest BCUT2D eigenvalue weighted by molar-refractivity contribution is 5.86. The topological polar surface area (TPSA) is 145 Å². The molecular weight excluding hydrogens is 636 g/mol. The number of pyridine rings is 1. The number of hydrogen-bond acceptors (Lipinski definition) is 9. The Morgan fingerprint density at radius 2 is 1.76 bits per heavy atom. The Balaban J connectivity index is 1.59. The van der Waals surface area contributed by atoms with Crippen LogP contribution >= 0.6 is 0 Å². The van der Waals surface area contributed by atoms with E-state index in [1.54, 1.807) is 33.5 Å². The number of carbonyl (C=O) groups is 2. The Labute approximate surface area is 292 Å². The van der Waals surface area contributed by atoms with Crippen molar-refractivity contribution in [2.24, 2.45) is 11.8 Å². The van der Waals surface area contributed by atoms with Gasteiger partial charge in [0.05, 0.1) is 39.1 Å². The minimum absolute atomic E-state index is 0.128. The molecule has 0 saturated heterocycles. The molecule has 0 aliphatic heterocycles. The molecule has 2 amide bonds. The maximum Gasteiger partial charge on any atom is 0.243 e. The zero-order valence-electron chi connectivity index (χ0n) is 30.1. The van der Waals surface area contributed by atoms with E-state index in [-0.39, 0.29) is 34.8 Å². The Bertz CT molecular complexity index is 1920. The van der Waals surface area contributed by atoms with Crippen molar-refractivity contribution in [3.63, 3.8) is 0 Å². The van der Waals surface area contributed by atoms with E-state index in [4.69, 9.17) is 14.2 Å². The van der Waals surface area contributed by atoms with Crippen LogP contribution in [0.2, 0.25) is 0 Å². The normalized spacial score (nSPS) is 15.6. The van der Waals surface area contributed by atoms with Gasteiger partial charge in [-0.05, 0) is 78.1 Å². The number of amides is 2. The van der Waals surface area contributed by atoms with Crippen LogP contribution in [-0.4, -0.2) is 53.8 Å². The van der Waals surface area contributed by atoms with Crippen LogP contribution in [0.4, 0.5) is 5.69 Å². The molecular formula is C38H48N6O6. The van der Waals surface area contributed by atoms with E-state index in [0.717, 1.165) is 11.1 Å². The number of methoxy groups -OCH3 is 3. The van der Waals surface area contributed by atoms with Gasteiger partial charge in [-0.2, -0.15) is 0 Å². The zero-order valence-corrected chi connectivity index (χ0v) is 30.1. The predicted molar refractivity (Wildman–Crippen MR) is 193 cm³/mol. The monoisotopic (exact) mass is 684 g/mol. The molecule has 50 heavy (non-hydrogen) atoms. The van der Waals surface area contributed by atoms with Crippen LogP contribution < -0.4 is 35.6 Å². The second-order valence-corrected chi connectivity index (χ2v) is 13.3. The highest BCUT2D eigenvalue weighted by atomic mass is 16.5. The molecule has 5 rings (SSSR count). The molecule has 4 atom stereocenters. The summed E-state index contributed by atoms with van der Waals surface area (Å²) in [5.41, 5.74) is 3.67. The van der Waals surface area contributed by atoms with Gasteiger partial charge in [0.1, 0.15) is 6.04 Å². The maximum atomic E-state index is 14.2. The van der Waals surface area contributed by atoms with Crippen LogP contribution in [0, 0.1) is 11.8 Å². The van der Waals surface area contributed by atoms with Gasteiger partial charge in [-0.15, -0.1) is 10.2 Å². The number of fused-ring (bicyclic) bond motifs is 4. The van der Waals surface area contributed by atoms with Gasteiger partial charge >= 0.3 is 0 Å². The molecule has 0 spiro atoms. The number of anilines is 1. The van der Waals surface area contributed by atoms with E-state index in [1.807, 2.05) is 54.8 Å². The van der Waals surface area contributed by atoms with Crippen molar-refractivity contribution in [2.75, 3.05) is 26.6 Å². The summed E-state index contributed by atoms with van der Waals surface area (Å²) in [6.07, 6.45) is 4.35. The van der Waals surface area contributed by atoms with Crippen LogP contribution in [0.15, 0.2) is 53.5 Å². The molecule has 1 aliphatic carbocycles. The van der Waals surface area contributed by atoms with E-state index in [2.05, 4.69) is 40.0 Å². The number of nitrogens with zero attached hydrogens (tertiary/aromatic N) is 3. The molecule has 0 bridgehead atoms. The number of aromatic nitrogens is 3. The Hall–Kier alpha value is -5.13. The van der Waals surface area contributed by atoms with Gasteiger partial charge < -0.3 is 30.2 Å². The van der Waals surface area contributed by atoms with Crippen molar-refractivity contribution in [2.45, 2.75) is 78.4 Å². The smallest absolute Gasteiger partial charge is 0.243 e. The lowest BCUT2D eigenvalue weighted by molar-refractivity contribution is -0.124. The molecule has 12 nitrogen and oxygen atoms in total. The molecule has 4 aromatic rings. The van der Waals surface area contributed by atoms with E-state index < -0.39 is 18.1 Å². The number of ether oxygens (including phenoxy) is 3. The molecule has 0 fully saturated rings. The van der Waals surface area contributed by atoms with Crippen molar-refractivity contribution >= 4 is 23.1 Å². The molecule has 12 heteroatoms. The highest BCUT2D eigenvalue weighted by Gasteiger charge is 2.32. The largest absolute Gasteiger partial charge is 0.493 e. The molecule has 2 aromatic carbocycles. The van der Waals surface area contributed by atoms with Crippen molar-refractivity contribution in [1.29, 1.82) is 0 Å². The Kier molecular flexibility index (Phi) is 11.3.